The summed E-state index contributed by atoms with van der Waals surface area (Å²) in [6, 6.07) is 11.6. The van der Waals surface area contributed by atoms with Crippen molar-refractivity contribution >= 4 is 23.4 Å². The highest BCUT2D eigenvalue weighted by Crippen LogP contribution is 2.29. The summed E-state index contributed by atoms with van der Waals surface area (Å²) in [6.45, 7) is 0.504. The van der Waals surface area contributed by atoms with Gasteiger partial charge in [-0.25, -0.2) is 4.98 Å². The fourth-order valence-electron chi connectivity index (χ4n) is 1.29. The van der Waals surface area contributed by atoms with E-state index in [1.165, 1.54) is 0 Å². The summed E-state index contributed by atoms with van der Waals surface area (Å²) in [6.07, 6.45) is 1.78. The van der Waals surface area contributed by atoms with E-state index < -0.39 is 0 Å². The number of benzene rings is 1. The van der Waals surface area contributed by atoms with E-state index in [0.29, 0.717) is 6.54 Å². The van der Waals surface area contributed by atoms with Crippen LogP contribution < -0.4 is 5.73 Å². The minimum Gasteiger partial charge on any atom is -0.326 e. The second kappa shape index (κ2) is 5.34. The van der Waals surface area contributed by atoms with Gasteiger partial charge in [-0.3, -0.25) is 0 Å². The van der Waals surface area contributed by atoms with Gasteiger partial charge in [0.05, 0.1) is 0 Å². The lowest BCUT2D eigenvalue weighted by Gasteiger charge is -2.05. The lowest BCUT2D eigenvalue weighted by Crippen LogP contribution is -1.99. The third kappa shape index (κ3) is 2.76. The van der Waals surface area contributed by atoms with Crippen LogP contribution in [0.25, 0.3) is 0 Å². The Morgan fingerprint density at radius 2 is 1.94 bits per heavy atom. The van der Waals surface area contributed by atoms with Gasteiger partial charge in [-0.2, -0.15) is 0 Å². The second-order valence-electron chi connectivity index (χ2n) is 3.23. The first kappa shape index (κ1) is 11.5. The first-order valence-corrected chi connectivity index (χ1v) is 6.06. The lowest BCUT2D eigenvalue weighted by molar-refractivity contribution is 0.963. The molecule has 0 bridgehead atoms. The SMILES string of the molecule is NCc1cccnc1Sc1ccc(Cl)cc1. The fourth-order valence-corrected chi connectivity index (χ4v) is 2.30. The van der Waals surface area contributed by atoms with Crippen molar-refractivity contribution in [2.45, 2.75) is 16.5 Å². The van der Waals surface area contributed by atoms with Crippen LogP contribution in [0.1, 0.15) is 5.56 Å². The maximum Gasteiger partial charge on any atom is 0.105 e. The summed E-state index contributed by atoms with van der Waals surface area (Å²) < 4.78 is 0. The van der Waals surface area contributed by atoms with E-state index in [4.69, 9.17) is 17.3 Å². The normalized spacial score (nSPS) is 10.4. The van der Waals surface area contributed by atoms with E-state index in [1.807, 2.05) is 36.4 Å². The Kier molecular flexibility index (Phi) is 3.83. The molecular weight excluding hydrogens is 240 g/mol. The monoisotopic (exact) mass is 250 g/mol. The van der Waals surface area contributed by atoms with Crippen LogP contribution in [0, 0.1) is 0 Å². The molecule has 4 heteroatoms. The average molecular weight is 251 g/mol. The molecule has 0 aliphatic carbocycles. The summed E-state index contributed by atoms with van der Waals surface area (Å²) >= 11 is 7.43. The van der Waals surface area contributed by atoms with Crippen LogP contribution in [-0.4, -0.2) is 4.98 Å². The Morgan fingerprint density at radius 3 is 2.62 bits per heavy atom. The molecule has 0 amide bonds. The van der Waals surface area contributed by atoms with E-state index in [1.54, 1.807) is 18.0 Å². The number of halogens is 1. The van der Waals surface area contributed by atoms with Crippen LogP contribution in [-0.2, 0) is 6.54 Å². The third-order valence-electron chi connectivity index (χ3n) is 2.10. The predicted molar refractivity (Wildman–Crippen MR) is 67.7 cm³/mol. The van der Waals surface area contributed by atoms with Crippen molar-refractivity contribution in [1.29, 1.82) is 0 Å². The molecule has 0 radical (unpaired) electrons. The van der Waals surface area contributed by atoms with Crippen LogP contribution in [0.5, 0.6) is 0 Å². The average Bonchev–Trinajstić information content (AvgIpc) is 2.33. The van der Waals surface area contributed by atoms with Gasteiger partial charge in [-0.1, -0.05) is 29.4 Å². The Morgan fingerprint density at radius 1 is 1.19 bits per heavy atom. The standard InChI is InChI=1S/C12H11ClN2S/c13-10-3-5-11(6-4-10)16-12-9(8-14)2-1-7-15-12/h1-7H,8,14H2. The summed E-state index contributed by atoms with van der Waals surface area (Å²) in [7, 11) is 0. The molecule has 2 nitrogen and oxygen atoms in total. The van der Waals surface area contributed by atoms with Gasteiger partial charge in [-0.15, -0.1) is 0 Å². The molecule has 0 fully saturated rings. The molecule has 2 aromatic rings. The number of nitrogens with zero attached hydrogens (tertiary/aromatic N) is 1. The molecule has 2 N–H and O–H groups in total. The van der Waals surface area contributed by atoms with Gasteiger partial charge in [0.25, 0.3) is 0 Å². The topological polar surface area (TPSA) is 38.9 Å². The summed E-state index contributed by atoms with van der Waals surface area (Å²) in [5, 5.41) is 1.69. The van der Waals surface area contributed by atoms with Crippen molar-refractivity contribution in [2.24, 2.45) is 5.73 Å². The molecule has 0 aliphatic rings. The maximum atomic E-state index is 5.83. The maximum absolute atomic E-state index is 5.83. The van der Waals surface area contributed by atoms with Crippen LogP contribution >= 0.6 is 23.4 Å². The van der Waals surface area contributed by atoms with Crippen LogP contribution in [0.3, 0.4) is 0 Å². The quantitative estimate of drug-likeness (QED) is 0.908. The highest BCUT2D eigenvalue weighted by Gasteiger charge is 2.03. The van der Waals surface area contributed by atoms with E-state index in [9.17, 15) is 0 Å². The fraction of sp³-hybridized carbons (Fsp3) is 0.0833. The number of rotatable bonds is 3. The minimum absolute atomic E-state index is 0.504. The molecule has 1 heterocycles. The molecule has 0 unspecified atom stereocenters. The molecule has 1 aromatic carbocycles. The molecule has 0 spiro atoms. The van der Waals surface area contributed by atoms with Crippen molar-refractivity contribution in [3.05, 3.63) is 53.2 Å². The Bertz CT molecular complexity index is 471. The largest absolute Gasteiger partial charge is 0.326 e. The molecule has 0 saturated carbocycles. The van der Waals surface area contributed by atoms with Crippen LogP contribution in [0.2, 0.25) is 5.02 Å². The van der Waals surface area contributed by atoms with Gasteiger partial charge >= 0.3 is 0 Å². The minimum atomic E-state index is 0.504. The smallest absolute Gasteiger partial charge is 0.105 e. The highest BCUT2D eigenvalue weighted by molar-refractivity contribution is 7.99. The first-order valence-electron chi connectivity index (χ1n) is 4.87. The zero-order valence-electron chi connectivity index (χ0n) is 8.56. The summed E-state index contributed by atoms with van der Waals surface area (Å²) in [5.74, 6) is 0. The summed E-state index contributed by atoms with van der Waals surface area (Å²) in [5.41, 5.74) is 6.71. The van der Waals surface area contributed by atoms with Gasteiger partial charge in [0.15, 0.2) is 0 Å². The number of nitrogens with two attached hydrogens (primary N) is 1. The Labute approximate surface area is 104 Å². The third-order valence-corrected chi connectivity index (χ3v) is 3.42. The van der Waals surface area contributed by atoms with Gasteiger partial charge in [0.2, 0.25) is 0 Å². The van der Waals surface area contributed by atoms with Crippen LogP contribution in [0.15, 0.2) is 52.5 Å². The van der Waals surface area contributed by atoms with E-state index in [0.717, 1.165) is 20.5 Å². The van der Waals surface area contributed by atoms with Crippen LogP contribution in [0.4, 0.5) is 0 Å². The van der Waals surface area contributed by atoms with Gasteiger partial charge in [0.1, 0.15) is 5.03 Å². The van der Waals surface area contributed by atoms with E-state index >= 15 is 0 Å². The number of hydrogen-bond donors (Lipinski definition) is 1. The van der Waals surface area contributed by atoms with Gasteiger partial charge < -0.3 is 5.73 Å². The molecular formula is C12H11ClN2S. The zero-order chi connectivity index (χ0) is 11.4. The zero-order valence-corrected chi connectivity index (χ0v) is 10.1. The number of hydrogen-bond acceptors (Lipinski definition) is 3. The highest BCUT2D eigenvalue weighted by atomic mass is 35.5. The van der Waals surface area contributed by atoms with Gasteiger partial charge in [-0.05, 0) is 35.9 Å². The molecule has 0 aliphatic heterocycles. The first-order chi connectivity index (χ1) is 7.79. The van der Waals surface area contributed by atoms with Crippen molar-refractivity contribution in [3.63, 3.8) is 0 Å². The number of pyridine rings is 1. The van der Waals surface area contributed by atoms with Crippen molar-refractivity contribution in [2.75, 3.05) is 0 Å². The van der Waals surface area contributed by atoms with Crippen molar-refractivity contribution < 1.29 is 0 Å². The summed E-state index contributed by atoms with van der Waals surface area (Å²) in [4.78, 5) is 5.43. The molecule has 0 saturated heterocycles. The lowest BCUT2D eigenvalue weighted by atomic mass is 10.3. The van der Waals surface area contributed by atoms with E-state index in [2.05, 4.69) is 4.98 Å². The molecule has 82 valence electrons. The Hall–Kier alpha value is -1.03. The molecule has 0 atom stereocenters. The predicted octanol–water partition coefficient (Wildman–Crippen LogP) is 3.34. The Balaban J connectivity index is 2.23. The second-order valence-corrected chi connectivity index (χ2v) is 4.73. The molecule has 2 rings (SSSR count). The van der Waals surface area contributed by atoms with Gasteiger partial charge in [0, 0.05) is 22.7 Å². The van der Waals surface area contributed by atoms with Crippen molar-refractivity contribution in [1.82, 2.24) is 4.98 Å². The van der Waals surface area contributed by atoms with Crippen molar-refractivity contribution in [3.8, 4) is 0 Å². The number of aromatic nitrogens is 1. The van der Waals surface area contributed by atoms with E-state index in [-0.39, 0.29) is 0 Å². The molecule has 16 heavy (non-hydrogen) atoms. The molecule has 1 aromatic heterocycles.